The van der Waals surface area contributed by atoms with E-state index in [-0.39, 0.29) is 5.92 Å². The number of aryl methyl sites for hydroxylation is 1. The average molecular weight is 247 g/mol. The summed E-state index contributed by atoms with van der Waals surface area (Å²) in [5.41, 5.74) is 5.03. The second-order valence-electron chi connectivity index (χ2n) is 4.92. The van der Waals surface area contributed by atoms with Crippen molar-refractivity contribution in [1.82, 2.24) is 4.98 Å². The Kier molecular flexibility index (Phi) is 2.96. The van der Waals surface area contributed by atoms with E-state index in [2.05, 4.69) is 67.1 Å². The fourth-order valence-electron chi connectivity index (χ4n) is 2.62. The van der Waals surface area contributed by atoms with Crippen LogP contribution in [0.2, 0.25) is 0 Å². The molecule has 0 saturated heterocycles. The summed E-state index contributed by atoms with van der Waals surface area (Å²) in [6.45, 7) is 6.14. The van der Waals surface area contributed by atoms with Crippen LogP contribution in [0.5, 0.6) is 0 Å². The summed E-state index contributed by atoms with van der Waals surface area (Å²) in [4.78, 5) is 3.35. The molecule has 1 unspecified atom stereocenters. The van der Waals surface area contributed by atoms with Crippen LogP contribution >= 0.6 is 0 Å². The number of aromatic nitrogens is 1. The summed E-state index contributed by atoms with van der Waals surface area (Å²) >= 11 is 0. The molecule has 1 atom stereocenters. The number of hydrogen-bond donors (Lipinski definition) is 1. The van der Waals surface area contributed by atoms with Crippen LogP contribution in [0.3, 0.4) is 0 Å². The van der Waals surface area contributed by atoms with Crippen LogP contribution in [0, 0.1) is 6.92 Å². The fourth-order valence-corrected chi connectivity index (χ4v) is 2.62. The lowest BCUT2D eigenvalue weighted by atomic mass is 9.91. The highest BCUT2D eigenvalue weighted by molar-refractivity contribution is 5.85. The second-order valence-corrected chi connectivity index (χ2v) is 4.92. The quantitative estimate of drug-likeness (QED) is 0.640. The molecule has 0 fully saturated rings. The van der Waals surface area contributed by atoms with Gasteiger partial charge in [-0.15, -0.1) is 6.58 Å². The first-order valence-electron chi connectivity index (χ1n) is 6.54. The Balaban J connectivity index is 2.17. The maximum atomic E-state index is 4.01. The number of hydrogen-bond acceptors (Lipinski definition) is 0. The van der Waals surface area contributed by atoms with Crippen molar-refractivity contribution in [3.63, 3.8) is 0 Å². The molecule has 0 aliphatic carbocycles. The number of fused-ring (bicyclic) bond motifs is 1. The van der Waals surface area contributed by atoms with Gasteiger partial charge in [-0.1, -0.05) is 48.0 Å². The molecule has 0 radical (unpaired) electrons. The lowest BCUT2D eigenvalue weighted by Gasteiger charge is -2.12. The first kappa shape index (κ1) is 11.8. The third-order valence-electron chi connectivity index (χ3n) is 3.60. The van der Waals surface area contributed by atoms with Crippen molar-refractivity contribution in [2.24, 2.45) is 0 Å². The van der Waals surface area contributed by atoms with Crippen LogP contribution in [-0.2, 0) is 0 Å². The Morgan fingerprint density at radius 2 is 1.89 bits per heavy atom. The fraction of sp³-hybridized carbons (Fsp3) is 0.111. The third-order valence-corrected chi connectivity index (χ3v) is 3.60. The lowest BCUT2D eigenvalue weighted by Crippen LogP contribution is -1.96. The number of benzene rings is 2. The third kappa shape index (κ3) is 2.08. The minimum atomic E-state index is 0.233. The first-order valence-corrected chi connectivity index (χ1v) is 6.54. The van der Waals surface area contributed by atoms with Gasteiger partial charge < -0.3 is 4.98 Å². The largest absolute Gasteiger partial charge is 0.361 e. The van der Waals surface area contributed by atoms with E-state index in [1.807, 2.05) is 12.1 Å². The molecule has 19 heavy (non-hydrogen) atoms. The molecule has 0 bridgehead atoms. The summed E-state index contributed by atoms with van der Waals surface area (Å²) in [6.07, 6.45) is 4.11. The number of rotatable bonds is 3. The molecule has 0 amide bonds. The van der Waals surface area contributed by atoms with E-state index >= 15 is 0 Å². The monoisotopic (exact) mass is 247 g/mol. The molecule has 0 aliphatic rings. The Morgan fingerprint density at radius 1 is 1.11 bits per heavy atom. The summed E-state index contributed by atoms with van der Waals surface area (Å²) in [6, 6.07) is 17.0. The maximum Gasteiger partial charge on any atom is 0.0457 e. The van der Waals surface area contributed by atoms with E-state index in [0.29, 0.717) is 0 Å². The van der Waals surface area contributed by atoms with E-state index in [9.17, 15) is 0 Å². The van der Waals surface area contributed by atoms with Gasteiger partial charge in [-0.25, -0.2) is 0 Å². The smallest absolute Gasteiger partial charge is 0.0457 e. The normalized spacial score (nSPS) is 12.5. The van der Waals surface area contributed by atoms with Gasteiger partial charge in [0, 0.05) is 23.0 Å². The van der Waals surface area contributed by atoms with Crippen LogP contribution in [0.4, 0.5) is 0 Å². The van der Waals surface area contributed by atoms with Gasteiger partial charge >= 0.3 is 0 Å². The van der Waals surface area contributed by atoms with Gasteiger partial charge in [-0.3, -0.25) is 0 Å². The van der Waals surface area contributed by atoms with E-state index in [0.717, 1.165) is 0 Å². The Labute approximate surface area is 113 Å². The van der Waals surface area contributed by atoms with Crippen LogP contribution in [0.25, 0.3) is 10.9 Å². The predicted octanol–water partition coefficient (Wildman–Crippen LogP) is 4.79. The van der Waals surface area contributed by atoms with Crippen LogP contribution in [-0.4, -0.2) is 4.98 Å². The van der Waals surface area contributed by atoms with E-state index in [1.165, 1.54) is 27.6 Å². The van der Waals surface area contributed by atoms with Gasteiger partial charge in [0.25, 0.3) is 0 Å². The van der Waals surface area contributed by atoms with Gasteiger partial charge in [0.2, 0.25) is 0 Å². The maximum absolute atomic E-state index is 4.01. The molecule has 1 heterocycles. The summed E-state index contributed by atoms with van der Waals surface area (Å²) < 4.78 is 0. The highest BCUT2D eigenvalue weighted by atomic mass is 14.7. The molecular formula is C18H17N. The molecule has 1 nitrogen and oxygen atoms in total. The molecule has 1 aromatic heterocycles. The summed E-state index contributed by atoms with van der Waals surface area (Å²) in [7, 11) is 0. The van der Waals surface area contributed by atoms with Gasteiger partial charge in [0.05, 0.1) is 0 Å². The highest BCUT2D eigenvalue weighted by Crippen LogP contribution is 2.31. The molecule has 0 aliphatic heterocycles. The number of H-pyrrole nitrogens is 1. The highest BCUT2D eigenvalue weighted by Gasteiger charge is 2.14. The molecule has 1 heteroatoms. The molecule has 94 valence electrons. The number of aromatic amines is 1. The van der Waals surface area contributed by atoms with Crippen molar-refractivity contribution in [2.45, 2.75) is 12.8 Å². The number of nitrogens with one attached hydrogen (secondary N) is 1. The number of allylic oxidation sites excluding steroid dienone is 1. The molecule has 2 aromatic carbocycles. The van der Waals surface area contributed by atoms with Gasteiger partial charge in [-0.2, -0.15) is 0 Å². The van der Waals surface area contributed by atoms with E-state index < -0.39 is 0 Å². The second kappa shape index (κ2) is 4.77. The summed E-state index contributed by atoms with van der Waals surface area (Å²) in [5, 5.41) is 1.29. The Bertz CT molecular complexity index is 707. The zero-order chi connectivity index (χ0) is 13.2. The van der Waals surface area contributed by atoms with Crippen molar-refractivity contribution in [1.29, 1.82) is 0 Å². The Morgan fingerprint density at radius 3 is 2.63 bits per heavy atom. The van der Waals surface area contributed by atoms with E-state index in [1.54, 1.807) is 0 Å². The summed E-state index contributed by atoms with van der Waals surface area (Å²) in [5.74, 6) is 0.233. The average Bonchev–Trinajstić information content (AvgIpc) is 2.84. The lowest BCUT2D eigenvalue weighted by molar-refractivity contribution is 1.04. The standard InChI is InChI=1S/C18H17N/c1-3-15(14-7-5-4-6-8-14)17-12-19-18-10-9-13(2)11-16(17)18/h3-12,15,19H,1H2,2H3. The molecule has 1 N–H and O–H groups in total. The van der Waals surface area contributed by atoms with Gasteiger partial charge in [0.15, 0.2) is 0 Å². The van der Waals surface area contributed by atoms with Crippen LogP contribution in [0.15, 0.2) is 67.4 Å². The Hall–Kier alpha value is -2.28. The van der Waals surface area contributed by atoms with Crippen molar-refractivity contribution in [3.05, 3.63) is 84.1 Å². The van der Waals surface area contributed by atoms with Crippen LogP contribution < -0.4 is 0 Å². The topological polar surface area (TPSA) is 15.8 Å². The van der Waals surface area contributed by atoms with Crippen LogP contribution in [0.1, 0.15) is 22.6 Å². The van der Waals surface area contributed by atoms with Crippen molar-refractivity contribution in [3.8, 4) is 0 Å². The zero-order valence-electron chi connectivity index (χ0n) is 11.1. The molecule has 3 aromatic rings. The van der Waals surface area contributed by atoms with Crippen molar-refractivity contribution >= 4 is 10.9 Å². The van der Waals surface area contributed by atoms with Crippen molar-refractivity contribution < 1.29 is 0 Å². The van der Waals surface area contributed by atoms with Gasteiger partial charge in [0.1, 0.15) is 0 Å². The van der Waals surface area contributed by atoms with E-state index in [4.69, 9.17) is 0 Å². The zero-order valence-corrected chi connectivity index (χ0v) is 11.1. The predicted molar refractivity (Wildman–Crippen MR) is 81.5 cm³/mol. The van der Waals surface area contributed by atoms with Gasteiger partial charge in [-0.05, 0) is 30.2 Å². The van der Waals surface area contributed by atoms with Crippen molar-refractivity contribution in [2.75, 3.05) is 0 Å². The molecule has 3 rings (SSSR count). The SMILES string of the molecule is C=CC(c1ccccc1)c1c[nH]c2ccc(C)cc12. The first-order chi connectivity index (χ1) is 9.29. The minimum absolute atomic E-state index is 0.233. The molecule has 0 saturated carbocycles. The molecule has 0 spiro atoms. The minimum Gasteiger partial charge on any atom is -0.361 e. The molecular weight excluding hydrogens is 230 g/mol.